The number of benzene rings is 1. The van der Waals surface area contributed by atoms with Gasteiger partial charge in [-0.15, -0.1) is 0 Å². The largest absolute Gasteiger partial charge is 0.497 e. The summed E-state index contributed by atoms with van der Waals surface area (Å²) in [5.41, 5.74) is 0.846. The third-order valence-electron chi connectivity index (χ3n) is 3.89. The van der Waals surface area contributed by atoms with Crippen LogP contribution in [0, 0.1) is 0 Å². The van der Waals surface area contributed by atoms with Crippen molar-refractivity contribution in [2.45, 2.75) is 18.9 Å². The van der Waals surface area contributed by atoms with Gasteiger partial charge in [0.25, 0.3) is 0 Å². The number of carbonyl (C=O) groups excluding carboxylic acids is 1. The molecule has 1 amide bonds. The molecule has 1 N–H and O–H groups in total. The molecular weight excluding hydrogens is 268 g/mol. The van der Waals surface area contributed by atoms with E-state index in [4.69, 9.17) is 4.74 Å². The number of amides is 1. The van der Waals surface area contributed by atoms with Crippen molar-refractivity contribution in [3.05, 3.63) is 29.8 Å². The molecule has 0 aromatic heterocycles. The Hall–Kier alpha value is -1.59. The van der Waals surface area contributed by atoms with Crippen LogP contribution in [0.25, 0.3) is 0 Å². The van der Waals surface area contributed by atoms with E-state index in [1.165, 1.54) is 0 Å². The van der Waals surface area contributed by atoms with Gasteiger partial charge in [-0.1, -0.05) is 12.1 Å². The van der Waals surface area contributed by atoms with Crippen LogP contribution in [0.15, 0.2) is 24.3 Å². The molecule has 1 unspecified atom stereocenters. The highest BCUT2D eigenvalue weighted by atomic mass is 16.5. The van der Waals surface area contributed by atoms with E-state index in [0.29, 0.717) is 13.0 Å². The van der Waals surface area contributed by atoms with Crippen molar-refractivity contribution in [2.24, 2.45) is 0 Å². The first-order chi connectivity index (χ1) is 10.1. The van der Waals surface area contributed by atoms with Crippen LogP contribution < -0.4 is 4.74 Å². The van der Waals surface area contributed by atoms with Gasteiger partial charge in [0.05, 0.1) is 13.2 Å². The summed E-state index contributed by atoms with van der Waals surface area (Å²) in [5, 5.41) is 10.3. The van der Waals surface area contributed by atoms with E-state index in [0.717, 1.165) is 37.4 Å². The molecule has 0 bridgehead atoms. The summed E-state index contributed by atoms with van der Waals surface area (Å²) in [6.45, 7) is 2.91. The molecule has 1 aliphatic heterocycles. The number of carbonyl (C=O) groups is 1. The topological polar surface area (TPSA) is 53.0 Å². The molecule has 1 saturated heterocycles. The maximum atomic E-state index is 11.5. The Morgan fingerprint density at radius 2 is 2.29 bits per heavy atom. The fourth-order valence-electron chi connectivity index (χ4n) is 2.57. The average molecular weight is 292 g/mol. The number of methoxy groups -OCH3 is 1. The molecule has 1 aromatic carbocycles. The van der Waals surface area contributed by atoms with Gasteiger partial charge in [-0.05, 0) is 31.2 Å². The minimum absolute atomic E-state index is 0.247. The predicted octanol–water partition coefficient (Wildman–Crippen LogP) is 1.28. The molecule has 21 heavy (non-hydrogen) atoms. The minimum Gasteiger partial charge on any atom is -0.497 e. The molecule has 0 spiro atoms. The number of hydrogen-bond donors (Lipinski definition) is 1. The Balaban J connectivity index is 1.80. The zero-order valence-corrected chi connectivity index (χ0v) is 12.8. The Kier molecular flexibility index (Phi) is 5.59. The smallest absolute Gasteiger partial charge is 0.222 e. The van der Waals surface area contributed by atoms with Crippen molar-refractivity contribution >= 4 is 5.91 Å². The first kappa shape index (κ1) is 15.8. The van der Waals surface area contributed by atoms with Crippen molar-refractivity contribution in [1.29, 1.82) is 0 Å². The zero-order chi connectivity index (χ0) is 15.2. The summed E-state index contributed by atoms with van der Waals surface area (Å²) >= 11 is 0. The van der Waals surface area contributed by atoms with Crippen LogP contribution in [0.2, 0.25) is 0 Å². The summed E-state index contributed by atoms with van der Waals surface area (Å²) in [5.74, 6) is 0.994. The SMILES string of the molecule is COc1cccc(C(O)CN(C)CCN2CCCC2=O)c1. The molecule has 0 radical (unpaired) electrons. The molecule has 1 atom stereocenters. The lowest BCUT2D eigenvalue weighted by atomic mass is 10.1. The third-order valence-corrected chi connectivity index (χ3v) is 3.89. The van der Waals surface area contributed by atoms with E-state index >= 15 is 0 Å². The lowest BCUT2D eigenvalue weighted by molar-refractivity contribution is -0.127. The van der Waals surface area contributed by atoms with Crippen LogP contribution in [-0.2, 0) is 4.79 Å². The number of aliphatic hydroxyl groups excluding tert-OH is 1. The molecule has 116 valence electrons. The molecule has 1 aliphatic rings. The van der Waals surface area contributed by atoms with Crippen LogP contribution in [-0.4, -0.2) is 61.2 Å². The lowest BCUT2D eigenvalue weighted by Gasteiger charge is -2.24. The Labute approximate surface area is 126 Å². The standard InChI is InChI=1S/C16H24N2O3/c1-17(9-10-18-8-4-7-16(18)20)12-15(19)13-5-3-6-14(11-13)21-2/h3,5-6,11,15,19H,4,7-10,12H2,1-2H3. The highest BCUT2D eigenvalue weighted by molar-refractivity contribution is 5.78. The number of likely N-dealkylation sites (tertiary alicyclic amines) is 1. The van der Waals surface area contributed by atoms with Crippen LogP contribution in [0.3, 0.4) is 0 Å². The second-order valence-corrected chi connectivity index (χ2v) is 5.54. The molecule has 5 nitrogen and oxygen atoms in total. The minimum atomic E-state index is -0.556. The van der Waals surface area contributed by atoms with Gasteiger partial charge in [0.1, 0.15) is 5.75 Å². The number of rotatable bonds is 7. The maximum absolute atomic E-state index is 11.5. The van der Waals surface area contributed by atoms with Crippen molar-refractivity contribution in [3.63, 3.8) is 0 Å². The zero-order valence-electron chi connectivity index (χ0n) is 12.8. The number of likely N-dealkylation sites (N-methyl/N-ethyl adjacent to an activating group) is 1. The molecule has 1 aromatic rings. The second kappa shape index (κ2) is 7.43. The van der Waals surface area contributed by atoms with Gasteiger partial charge < -0.3 is 19.6 Å². The number of nitrogens with zero attached hydrogens (tertiary/aromatic N) is 2. The molecular formula is C16H24N2O3. The van der Waals surface area contributed by atoms with E-state index in [9.17, 15) is 9.90 Å². The maximum Gasteiger partial charge on any atom is 0.222 e. The normalized spacial score (nSPS) is 16.6. The number of ether oxygens (including phenoxy) is 1. The van der Waals surface area contributed by atoms with E-state index in [1.807, 2.05) is 36.2 Å². The average Bonchev–Trinajstić information content (AvgIpc) is 2.90. The Morgan fingerprint density at radius 1 is 1.48 bits per heavy atom. The van der Waals surface area contributed by atoms with Gasteiger partial charge in [-0.25, -0.2) is 0 Å². The van der Waals surface area contributed by atoms with E-state index in [2.05, 4.69) is 4.90 Å². The van der Waals surface area contributed by atoms with Gasteiger partial charge in [0.15, 0.2) is 0 Å². The van der Waals surface area contributed by atoms with E-state index in [1.54, 1.807) is 7.11 Å². The first-order valence-corrected chi connectivity index (χ1v) is 7.38. The highest BCUT2D eigenvalue weighted by Crippen LogP contribution is 2.19. The van der Waals surface area contributed by atoms with Crippen molar-refractivity contribution < 1.29 is 14.6 Å². The van der Waals surface area contributed by atoms with Crippen LogP contribution in [0.1, 0.15) is 24.5 Å². The number of aliphatic hydroxyl groups is 1. The molecule has 5 heteroatoms. The Morgan fingerprint density at radius 3 is 2.95 bits per heavy atom. The molecule has 1 fully saturated rings. The number of hydrogen-bond acceptors (Lipinski definition) is 4. The summed E-state index contributed by atoms with van der Waals surface area (Å²) in [4.78, 5) is 15.5. The molecule has 2 rings (SSSR count). The first-order valence-electron chi connectivity index (χ1n) is 7.38. The molecule has 1 heterocycles. The van der Waals surface area contributed by atoms with Gasteiger partial charge in [-0.2, -0.15) is 0 Å². The van der Waals surface area contributed by atoms with E-state index < -0.39 is 6.10 Å². The molecule has 0 aliphatic carbocycles. The fourth-order valence-corrected chi connectivity index (χ4v) is 2.57. The summed E-state index contributed by atoms with van der Waals surface area (Å²) in [6, 6.07) is 7.48. The van der Waals surface area contributed by atoms with Gasteiger partial charge >= 0.3 is 0 Å². The monoisotopic (exact) mass is 292 g/mol. The third kappa shape index (κ3) is 4.44. The summed E-state index contributed by atoms with van der Waals surface area (Å²) < 4.78 is 5.17. The Bertz CT molecular complexity index is 478. The molecule has 0 saturated carbocycles. The van der Waals surface area contributed by atoms with Crippen LogP contribution in [0.4, 0.5) is 0 Å². The van der Waals surface area contributed by atoms with Gasteiger partial charge in [0.2, 0.25) is 5.91 Å². The van der Waals surface area contributed by atoms with Gasteiger partial charge in [-0.3, -0.25) is 4.79 Å². The van der Waals surface area contributed by atoms with E-state index in [-0.39, 0.29) is 5.91 Å². The fraction of sp³-hybridized carbons (Fsp3) is 0.562. The second-order valence-electron chi connectivity index (χ2n) is 5.54. The lowest BCUT2D eigenvalue weighted by Crippen LogP contribution is -2.35. The summed E-state index contributed by atoms with van der Waals surface area (Å²) in [6.07, 6.45) is 1.09. The van der Waals surface area contributed by atoms with Crippen LogP contribution >= 0.6 is 0 Å². The summed E-state index contributed by atoms with van der Waals surface area (Å²) in [7, 11) is 3.58. The van der Waals surface area contributed by atoms with Gasteiger partial charge in [0, 0.05) is 32.6 Å². The predicted molar refractivity (Wildman–Crippen MR) is 81.3 cm³/mol. The van der Waals surface area contributed by atoms with Crippen molar-refractivity contribution in [1.82, 2.24) is 9.80 Å². The van der Waals surface area contributed by atoms with Crippen LogP contribution in [0.5, 0.6) is 5.75 Å². The van der Waals surface area contributed by atoms with Crippen molar-refractivity contribution in [2.75, 3.05) is 40.3 Å². The quantitative estimate of drug-likeness (QED) is 0.822. The highest BCUT2D eigenvalue weighted by Gasteiger charge is 2.20. The van der Waals surface area contributed by atoms with Crippen molar-refractivity contribution in [3.8, 4) is 5.75 Å².